The fourth-order valence-corrected chi connectivity index (χ4v) is 2.59. The third kappa shape index (κ3) is 3.09. The molecule has 1 aromatic carbocycles. The van der Waals surface area contributed by atoms with Crippen LogP contribution in [0.3, 0.4) is 0 Å². The van der Waals surface area contributed by atoms with Crippen LogP contribution in [0, 0.1) is 0 Å². The van der Waals surface area contributed by atoms with Crippen molar-refractivity contribution in [2.45, 2.75) is 37.1 Å². The molecule has 0 amide bonds. The molecule has 0 aliphatic carbocycles. The van der Waals surface area contributed by atoms with E-state index in [0.717, 1.165) is 5.56 Å². The molecule has 2 aromatic rings. The van der Waals surface area contributed by atoms with Gasteiger partial charge in [-0.15, -0.1) is 5.10 Å². The summed E-state index contributed by atoms with van der Waals surface area (Å²) >= 11 is 0. The summed E-state index contributed by atoms with van der Waals surface area (Å²) in [6.45, 7) is -0.502. The SMILES string of the molecule is OC[C@H]1O[C@@H](n2nnnc2Cc2ccccc2)[C@H](O)[C@@H](O)[C@H]1O. The number of nitrogens with zero attached hydrogens (tertiary/aromatic N) is 4. The van der Waals surface area contributed by atoms with Crippen molar-refractivity contribution in [3.05, 3.63) is 41.7 Å². The smallest absolute Gasteiger partial charge is 0.182 e. The van der Waals surface area contributed by atoms with Gasteiger partial charge in [-0.3, -0.25) is 0 Å². The highest BCUT2D eigenvalue weighted by Gasteiger charge is 2.45. The van der Waals surface area contributed by atoms with Crippen molar-refractivity contribution >= 4 is 0 Å². The van der Waals surface area contributed by atoms with Gasteiger partial charge in [0.15, 0.2) is 12.1 Å². The molecule has 4 N–H and O–H groups in total. The zero-order chi connectivity index (χ0) is 16.4. The minimum Gasteiger partial charge on any atom is -0.394 e. The number of aromatic nitrogens is 4. The first kappa shape index (κ1) is 16.0. The molecule has 3 rings (SSSR count). The standard InChI is InChI=1S/C14H18N4O5/c19-7-9-11(20)12(21)13(22)14(23-9)18-10(15-16-17-18)6-8-4-2-1-3-5-8/h1-5,9,11-14,19-22H,6-7H2/t9-,11+,12+,13-,14-/m1/s1. The van der Waals surface area contributed by atoms with Crippen LogP contribution in [0.25, 0.3) is 0 Å². The summed E-state index contributed by atoms with van der Waals surface area (Å²) in [6, 6.07) is 9.48. The van der Waals surface area contributed by atoms with E-state index in [-0.39, 0.29) is 0 Å². The van der Waals surface area contributed by atoms with E-state index in [1.54, 1.807) is 0 Å². The second kappa shape index (κ2) is 6.69. The van der Waals surface area contributed by atoms with E-state index in [1.165, 1.54) is 4.68 Å². The molecule has 1 saturated heterocycles. The van der Waals surface area contributed by atoms with E-state index in [4.69, 9.17) is 4.74 Å². The molecule has 23 heavy (non-hydrogen) atoms. The number of aliphatic hydroxyl groups is 4. The highest BCUT2D eigenvalue weighted by atomic mass is 16.6. The van der Waals surface area contributed by atoms with Gasteiger partial charge in [0.05, 0.1) is 6.61 Å². The van der Waals surface area contributed by atoms with Gasteiger partial charge in [0.2, 0.25) is 0 Å². The van der Waals surface area contributed by atoms with Crippen molar-refractivity contribution in [2.24, 2.45) is 0 Å². The van der Waals surface area contributed by atoms with E-state index in [0.29, 0.717) is 12.2 Å². The Morgan fingerprint density at radius 1 is 1.04 bits per heavy atom. The van der Waals surface area contributed by atoms with Gasteiger partial charge in [-0.2, -0.15) is 4.68 Å². The summed E-state index contributed by atoms with van der Waals surface area (Å²) in [4.78, 5) is 0. The third-order valence-electron chi connectivity index (χ3n) is 3.87. The van der Waals surface area contributed by atoms with Crippen LogP contribution in [-0.2, 0) is 11.2 Å². The number of ether oxygens (including phenoxy) is 1. The average molecular weight is 322 g/mol. The topological polar surface area (TPSA) is 134 Å². The molecule has 0 bridgehead atoms. The largest absolute Gasteiger partial charge is 0.394 e. The fraction of sp³-hybridized carbons (Fsp3) is 0.500. The summed E-state index contributed by atoms with van der Waals surface area (Å²) in [5, 5.41) is 50.4. The maximum atomic E-state index is 10.2. The van der Waals surface area contributed by atoms with E-state index in [2.05, 4.69) is 15.5 Å². The second-order valence-electron chi connectivity index (χ2n) is 5.42. The molecule has 9 heteroatoms. The van der Waals surface area contributed by atoms with Gasteiger partial charge in [-0.25, -0.2) is 0 Å². The van der Waals surface area contributed by atoms with Crippen molar-refractivity contribution in [1.29, 1.82) is 0 Å². The van der Waals surface area contributed by atoms with Crippen LogP contribution in [0.2, 0.25) is 0 Å². The molecule has 2 heterocycles. The summed E-state index contributed by atoms with van der Waals surface area (Å²) in [5.74, 6) is 0.431. The predicted octanol–water partition coefficient (Wildman–Crippen LogP) is -1.76. The zero-order valence-electron chi connectivity index (χ0n) is 12.2. The summed E-state index contributed by atoms with van der Waals surface area (Å²) < 4.78 is 6.72. The van der Waals surface area contributed by atoms with Crippen molar-refractivity contribution in [2.75, 3.05) is 6.61 Å². The van der Waals surface area contributed by atoms with Gasteiger partial charge < -0.3 is 25.2 Å². The number of aliphatic hydroxyl groups excluding tert-OH is 4. The first-order chi connectivity index (χ1) is 11.1. The van der Waals surface area contributed by atoms with Crippen LogP contribution in [0.15, 0.2) is 30.3 Å². The molecule has 0 unspecified atom stereocenters. The minimum atomic E-state index is -1.47. The Morgan fingerprint density at radius 2 is 1.78 bits per heavy atom. The van der Waals surface area contributed by atoms with Crippen molar-refractivity contribution < 1.29 is 25.2 Å². The quantitative estimate of drug-likeness (QED) is 0.520. The normalized spacial score (nSPS) is 31.2. The van der Waals surface area contributed by atoms with Crippen LogP contribution in [0.4, 0.5) is 0 Å². The number of benzene rings is 1. The lowest BCUT2D eigenvalue weighted by molar-refractivity contribution is -0.254. The first-order valence-corrected chi connectivity index (χ1v) is 7.23. The van der Waals surface area contributed by atoms with Crippen LogP contribution >= 0.6 is 0 Å². The Hall–Kier alpha value is -1.91. The molecular weight excluding hydrogens is 304 g/mol. The molecular formula is C14H18N4O5. The molecule has 0 saturated carbocycles. The Morgan fingerprint density at radius 3 is 2.48 bits per heavy atom. The average Bonchev–Trinajstić information content (AvgIpc) is 3.02. The summed E-state index contributed by atoms with van der Waals surface area (Å²) in [5.41, 5.74) is 0.966. The molecule has 0 spiro atoms. The van der Waals surface area contributed by atoms with Gasteiger partial charge in [0.1, 0.15) is 24.4 Å². The highest BCUT2D eigenvalue weighted by molar-refractivity contribution is 5.18. The molecule has 1 aromatic heterocycles. The number of hydrogen-bond acceptors (Lipinski definition) is 8. The number of hydrogen-bond donors (Lipinski definition) is 4. The summed E-state index contributed by atoms with van der Waals surface area (Å²) in [6.07, 6.45) is -6.01. The Bertz CT molecular complexity index is 635. The lowest BCUT2D eigenvalue weighted by Crippen LogP contribution is -2.56. The Labute approximate surface area is 131 Å². The lowest BCUT2D eigenvalue weighted by Gasteiger charge is -2.39. The molecule has 124 valence electrons. The highest BCUT2D eigenvalue weighted by Crippen LogP contribution is 2.28. The Balaban J connectivity index is 1.85. The maximum absolute atomic E-state index is 10.2. The lowest BCUT2D eigenvalue weighted by atomic mass is 9.98. The fourth-order valence-electron chi connectivity index (χ4n) is 2.59. The van der Waals surface area contributed by atoms with Gasteiger partial charge in [-0.05, 0) is 16.0 Å². The van der Waals surface area contributed by atoms with E-state index in [1.807, 2.05) is 30.3 Å². The molecule has 1 aliphatic heterocycles. The molecule has 5 atom stereocenters. The molecule has 1 fully saturated rings. The van der Waals surface area contributed by atoms with Crippen LogP contribution < -0.4 is 0 Å². The monoisotopic (exact) mass is 322 g/mol. The third-order valence-corrected chi connectivity index (χ3v) is 3.87. The molecule has 0 radical (unpaired) electrons. The van der Waals surface area contributed by atoms with Crippen LogP contribution in [-0.4, -0.2) is 71.7 Å². The predicted molar refractivity (Wildman–Crippen MR) is 76.1 cm³/mol. The van der Waals surface area contributed by atoms with E-state index in [9.17, 15) is 20.4 Å². The maximum Gasteiger partial charge on any atom is 0.182 e. The van der Waals surface area contributed by atoms with E-state index < -0.39 is 37.3 Å². The van der Waals surface area contributed by atoms with Crippen molar-refractivity contribution in [1.82, 2.24) is 20.2 Å². The number of rotatable bonds is 4. The van der Waals surface area contributed by atoms with Crippen molar-refractivity contribution in [3.63, 3.8) is 0 Å². The van der Waals surface area contributed by atoms with Gasteiger partial charge >= 0.3 is 0 Å². The van der Waals surface area contributed by atoms with Gasteiger partial charge in [0.25, 0.3) is 0 Å². The molecule has 9 nitrogen and oxygen atoms in total. The second-order valence-corrected chi connectivity index (χ2v) is 5.42. The van der Waals surface area contributed by atoms with Gasteiger partial charge in [-0.1, -0.05) is 30.3 Å². The van der Waals surface area contributed by atoms with Gasteiger partial charge in [0, 0.05) is 6.42 Å². The van der Waals surface area contributed by atoms with Crippen molar-refractivity contribution in [3.8, 4) is 0 Å². The van der Waals surface area contributed by atoms with E-state index >= 15 is 0 Å². The molecule has 1 aliphatic rings. The summed E-state index contributed by atoms with van der Waals surface area (Å²) in [7, 11) is 0. The van der Waals surface area contributed by atoms with Crippen LogP contribution in [0.5, 0.6) is 0 Å². The number of tetrazole rings is 1. The Kier molecular flexibility index (Phi) is 4.64. The minimum absolute atomic E-state index is 0.406. The van der Waals surface area contributed by atoms with Crippen LogP contribution in [0.1, 0.15) is 17.6 Å². The first-order valence-electron chi connectivity index (χ1n) is 7.23. The zero-order valence-corrected chi connectivity index (χ0v) is 12.2.